The fourth-order valence-electron chi connectivity index (χ4n) is 4.17. The summed E-state index contributed by atoms with van der Waals surface area (Å²) in [5, 5.41) is 10.5. The van der Waals surface area contributed by atoms with Crippen molar-refractivity contribution in [2.45, 2.75) is 71.3 Å². The van der Waals surface area contributed by atoms with Gasteiger partial charge in [-0.3, -0.25) is 9.89 Å². The Labute approximate surface area is 156 Å². The number of hydrogen-bond donors (Lipinski definition) is 2. The van der Waals surface area contributed by atoms with Gasteiger partial charge in [0.25, 0.3) is 0 Å². The van der Waals surface area contributed by atoms with Gasteiger partial charge in [-0.15, -0.1) is 0 Å². The Balaban J connectivity index is 1.61. The van der Waals surface area contributed by atoms with E-state index in [0.29, 0.717) is 6.42 Å². The highest BCUT2D eigenvalue weighted by Crippen LogP contribution is 2.32. The van der Waals surface area contributed by atoms with Crippen molar-refractivity contribution >= 4 is 5.91 Å². The van der Waals surface area contributed by atoms with E-state index in [0.717, 1.165) is 30.1 Å². The highest BCUT2D eigenvalue weighted by Gasteiger charge is 2.22. The van der Waals surface area contributed by atoms with Gasteiger partial charge >= 0.3 is 0 Å². The summed E-state index contributed by atoms with van der Waals surface area (Å²) in [6.45, 7) is 4.01. The average Bonchev–Trinajstić information content (AvgIpc) is 2.99. The number of H-pyrrole nitrogens is 1. The van der Waals surface area contributed by atoms with Crippen molar-refractivity contribution < 1.29 is 4.79 Å². The molecule has 1 aromatic carbocycles. The van der Waals surface area contributed by atoms with Crippen LogP contribution >= 0.6 is 0 Å². The molecule has 1 aliphatic carbocycles. The molecule has 2 N–H and O–H groups in total. The summed E-state index contributed by atoms with van der Waals surface area (Å²) in [6, 6.07) is 10.6. The number of aryl methyl sites for hydroxylation is 2. The lowest BCUT2D eigenvalue weighted by atomic mass is 9.83. The van der Waals surface area contributed by atoms with Gasteiger partial charge in [0.05, 0.1) is 11.7 Å². The predicted octanol–water partition coefficient (Wildman–Crippen LogP) is 4.79. The first-order valence-corrected chi connectivity index (χ1v) is 9.98. The summed E-state index contributed by atoms with van der Waals surface area (Å²) in [5.74, 6) is 0.863. The minimum atomic E-state index is 0.123. The molecule has 0 bridgehead atoms. The number of nitrogens with one attached hydrogen (secondary N) is 2. The summed E-state index contributed by atoms with van der Waals surface area (Å²) in [4.78, 5) is 12.6. The van der Waals surface area contributed by atoms with Crippen LogP contribution < -0.4 is 5.32 Å². The van der Waals surface area contributed by atoms with Gasteiger partial charge in [0.15, 0.2) is 0 Å². The predicted molar refractivity (Wildman–Crippen MR) is 105 cm³/mol. The molecule has 4 heteroatoms. The summed E-state index contributed by atoms with van der Waals surface area (Å²) in [7, 11) is 0. The van der Waals surface area contributed by atoms with Crippen molar-refractivity contribution in [3.8, 4) is 0 Å². The quantitative estimate of drug-likeness (QED) is 0.752. The largest absolute Gasteiger partial charge is 0.349 e. The maximum absolute atomic E-state index is 12.6. The molecular weight excluding hydrogens is 322 g/mol. The Morgan fingerprint density at radius 1 is 1.19 bits per heavy atom. The molecule has 0 saturated heterocycles. The molecule has 0 radical (unpaired) electrons. The zero-order valence-corrected chi connectivity index (χ0v) is 16.1. The molecule has 0 spiro atoms. The number of nitrogens with zero attached hydrogens (tertiary/aromatic N) is 1. The Morgan fingerprint density at radius 2 is 1.92 bits per heavy atom. The molecule has 1 unspecified atom stereocenters. The van der Waals surface area contributed by atoms with Gasteiger partial charge in [0, 0.05) is 12.1 Å². The van der Waals surface area contributed by atoms with Crippen molar-refractivity contribution in [3.63, 3.8) is 0 Å². The second kappa shape index (κ2) is 9.02. The van der Waals surface area contributed by atoms with Crippen LogP contribution in [0.4, 0.5) is 0 Å². The van der Waals surface area contributed by atoms with Crippen LogP contribution in [0.3, 0.4) is 0 Å². The number of carbonyl (C=O) groups is 1. The van der Waals surface area contributed by atoms with Crippen molar-refractivity contribution in [3.05, 3.63) is 52.8 Å². The Hall–Kier alpha value is -2.10. The maximum atomic E-state index is 12.6. The van der Waals surface area contributed by atoms with Crippen LogP contribution in [0.1, 0.15) is 73.5 Å². The van der Waals surface area contributed by atoms with Crippen LogP contribution in [0.25, 0.3) is 0 Å². The van der Waals surface area contributed by atoms with Crippen LogP contribution in [-0.4, -0.2) is 16.1 Å². The van der Waals surface area contributed by atoms with Crippen molar-refractivity contribution in [1.29, 1.82) is 0 Å². The summed E-state index contributed by atoms with van der Waals surface area (Å²) in [6.07, 6.45) is 8.93. The van der Waals surface area contributed by atoms with E-state index in [9.17, 15) is 4.79 Å². The monoisotopic (exact) mass is 353 g/mol. The van der Waals surface area contributed by atoms with E-state index in [2.05, 4.69) is 39.8 Å². The van der Waals surface area contributed by atoms with E-state index in [4.69, 9.17) is 0 Å². The first kappa shape index (κ1) is 18.7. The van der Waals surface area contributed by atoms with Crippen molar-refractivity contribution in [2.24, 2.45) is 5.92 Å². The second-order valence-corrected chi connectivity index (χ2v) is 7.68. The number of amides is 1. The van der Waals surface area contributed by atoms with Crippen LogP contribution in [0.5, 0.6) is 0 Å². The number of aromatic amines is 1. The average molecular weight is 354 g/mol. The third kappa shape index (κ3) is 4.96. The minimum absolute atomic E-state index is 0.123. The molecule has 1 atom stereocenters. The summed E-state index contributed by atoms with van der Waals surface area (Å²) >= 11 is 0. The standard InChI is InChI=1S/C22H31N3O/c1-16-20(17(2)25-24-16)13-14-22(26)23-21(19-11-7-4-8-12-19)15-18-9-5-3-6-10-18/h4,7-8,11-12,18,21H,3,5-6,9-10,13-15H2,1-2H3,(H,23,26)(H,24,25). The third-order valence-corrected chi connectivity index (χ3v) is 5.71. The smallest absolute Gasteiger partial charge is 0.220 e. The van der Waals surface area contributed by atoms with Gasteiger partial charge < -0.3 is 5.32 Å². The molecule has 1 heterocycles. The second-order valence-electron chi connectivity index (χ2n) is 7.68. The Morgan fingerprint density at radius 3 is 2.58 bits per heavy atom. The molecule has 4 nitrogen and oxygen atoms in total. The van der Waals surface area contributed by atoms with Gasteiger partial charge in [0.1, 0.15) is 0 Å². The first-order chi connectivity index (χ1) is 12.6. The molecule has 1 aliphatic rings. The lowest BCUT2D eigenvalue weighted by Crippen LogP contribution is -2.30. The molecule has 1 amide bonds. The van der Waals surface area contributed by atoms with Gasteiger partial charge in [-0.2, -0.15) is 5.10 Å². The van der Waals surface area contributed by atoms with E-state index in [1.807, 2.05) is 19.9 Å². The van der Waals surface area contributed by atoms with Gasteiger partial charge in [-0.25, -0.2) is 0 Å². The van der Waals surface area contributed by atoms with Crippen LogP contribution in [-0.2, 0) is 11.2 Å². The maximum Gasteiger partial charge on any atom is 0.220 e. The molecular formula is C22H31N3O. The minimum Gasteiger partial charge on any atom is -0.349 e. The number of benzene rings is 1. The van der Waals surface area contributed by atoms with E-state index < -0.39 is 0 Å². The lowest BCUT2D eigenvalue weighted by molar-refractivity contribution is -0.122. The zero-order valence-electron chi connectivity index (χ0n) is 16.1. The summed E-state index contributed by atoms with van der Waals surface area (Å²) < 4.78 is 0. The summed E-state index contributed by atoms with van der Waals surface area (Å²) in [5.41, 5.74) is 4.46. The van der Waals surface area contributed by atoms with Gasteiger partial charge in [0.2, 0.25) is 5.91 Å². The Kier molecular flexibility index (Phi) is 6.48. The number of rotatable bonds is 7. The lowest BCUT2D eigenvalue weighted by Gasteiger charge is -2.27. The normalized spacial score (nSPS) is 16.4. The fourth-order valence-corrected chi connectivity index (χ4v) is 4.17. The molecule has 0 aliphatic heterocycles. The Bertz CT molecular complexity index is 682. The number of carbonyl (C=O) groups excluding carboxylic acids is 1. The number of aromatic nitrogens is 2. The molecule has 2 aromatic rings. The molecule has 1 fully saturated rings. The fraction of sp³-hybridized carbons (Fsp3) is 0.545. The van der Waals surface area contributed by atoms with E-state index in [-0.39, 0.29) is 11.9 Å². The third-order valence-electron chi connectivity index (χ3n) is 5.71. The van der Waals surface area contributed by atoms with Crippen LogP contribution in [0, 0.1) is 19.8 Å². The highest BCUT2D eigenvalue weighted by molar-refractivity contribution is 5.76. The SMILES string of the molecule is Cc1n[nH]c(C)c1CCC(=O)NC(CC1CCCCC1)c1ccccc1. The van der Waals surface area contributed by atoms with E-state index in [1.165, 1.54) is 43.2 Å². The highest BCUT2D eigenvalue weighted by atomic mass is 16.1. The first-order valence-electron chi connectivity index (χ1n) is 9.98. The van der Waals surface area contributed by atoms with Crippen molar-refractivity contribution in [1.82, 2.24) is 15.5 Å². The molecule has 1 aromatic heterocycles. The molecule has 26 heavy (non-hydrogen) atoms. The van der Waals surface area contributed by atoms with E-state index >= 15 is 0 Å². The molecule has 140 valence electrons. The number of hydrogen-bond acceptors (Lipinski definition) is 2. The van der Waals surface area contributed by atoms with Gasteiger partial charge in [-0.05, 0) is 43.7 Å². The van der Waals surface area contributed by atoms with Crippen LogP contribution in [0.15, 0.2) is 30.3 Å². The molecule has 1 saturated carbocycles. The van der Waals surface area contributed by atoms with E-state index in [1.54, 1.807) is 0 Å². The molecule has 3 rings (SSSR count). The zero-order chi connectivity index (χ0) is 18.4. The van der Waals surface area contributed by atoms with Gasteiger partial charge in [-0.1, -0.05) is 62.4 Å². The topological polar surface area (TPSA) is 57.8 Å². The van der Waals surface area contributed by atoms with Crippen molar-refractivity contribution in [2.75, 3.05) is 0 Å². The van der Waals surface area contributed by atoms with Crippen LogP contribution in [0.2, 0.25) is 0 Å².